The maximum atomic E-state index is 12.2. The van der Waals surface area contributed by atoms with Crippen molar-refractivity contribution in [3.8, 4) is 10.6 Å². The summed E-state index contributed by atoms with van der Waals surface area (Å²) in [5.41, 5.74) is 3.08. The summed E-state index contributed by atoms with van der Waals surface area (Å²) < 4.78 is 1.14. The van der Waals surface area contributed by atoms with Crippen molar-refractivity contribution in [3.63, 3.8) is 0 Å². The Bertz CT molecular complexity index is 780. The highest BCUT2D eigenvalue weighted by molar-refractivity contribution is 14.1. The average Bonchev–Trinajstić information content (AvgIpc) is 3.10. The number of aromatic nitrogens is 2. The number of hydrogen-bond donors (Lipinski definition) is 2. The lowest BCUT2D eigenvalue weighted by atomic mass is 10.2. The lowest BCUT2D eigenvalue weighted by Gasteiger charge is -2.07. The van der Waals surface area contributed by atoms with Crippen LogP contribution in [0.3, 0.4) is 0 Å². The molecule has 2 aromatic heterocycles. The third-order valence-electron chi connectivity index (χ3n) is 3.03. The number of rotatable bonds is 3. The van der Waals surface area contributed by atoms with Crippen LogP contribution in [0.2, 0.25) is 0 Å². The molecule has 2 N–H and O–H groups in total. The SMILES string of the molecule is Cc1cc(I)ccc1NC(=O)c1cc(-c2cccs2)[nH]n1. The molecule has 0 aliphatic rings. The van der Waals surface area contributed by atoms with Crippen molar-refractivity contribution in [1.82, 2.24) is 10.2 Å². The number of nitrogens with zero attached hydrogens (tertiary/aromatic N) is 1. The molecular formula is C15H12IN3OS. The normalized spacial score (nSPS) is 10.6. The zero-order valence-electron chi connectivity index (χ0n) is 11.2. The molecule has 0 atom stereocenters. The Hall–Kier alpha value is -1.67. The summed E-state index contributed by atoms with van der Waals surface area (Å²) in [6.45, 7) is 1.97. The van der Waals surface area contributed by atoms with Gasteiger partial charge in [-0.2, -0.15) is 5.10 Å². The highest BCUT2D eigenvalue weighted by Crippen LogP contribution is 2.23. The molecular weight excluding hydrogens is 397 g/mol. The molecule has 3 rings (SSSR count). The molecule has 0 saturated heterocycles. The first kappa shape index (κ1) is 14.3. The second-order valence-electron chi connectivity index (χ2n) is 4.56. The molecule has 1 amide bonds. The van der Waals surface area contributed by atoms with Crippen LogP contribution in [-0.4, -0.2) is 16.1 Å². The van der Waals surface area contributed by atoms with Crippen molar-refractivity contribution in [1.29, 1.82) is 0 Å². The minimum absolute atomic E-state index is 0.210. The van der Waals surface area contributed by atoms with Crippen LogP contribution in [-0.2, 0) is 0 Å². The van der Waals surface area contributed by atoms with Crippen LogP contribution in [0.5, 0.6) is 0 Å². The van der Waals surface area contributed by atoms with Crippen LogP contribution >= 0.6 is 33.9 Å². The number of hydrogen-bond acceptors (Lipinski definition) is 3. The molecule has 106 valence electrons. The van der Waals surface area contributed by atoms with Crippen molar-refractivity contribution >= 4 is 45.5 Å². The van der Waals surface area contributed by atoms with E-state index in [9.17, 15) is 4.79 Å². The van der Waals surface area contributed by atoms with Gasteiger partial charge in [0, 0.05) is 9.26 Å². The predicted molar refractivity (Wildman–Crippen MR) is 93.7 cm³/mol. The number of anilines is 1. The van der Waals surface area contributed by atoms with Crippen LogP contribution in [0.15, 0.2) is 41.8 Å². The van der Waals surface area contributed by atoms with Gasteiger partial charge in [-0.3, -0.25) is 9.89 Å². The molecule has 21 heavy (non-hydrogen) atoms. The Morgan fingerprint density at radius 3 is 2.90 bits per heavy atom. The van der Waals surface area contributed by atoms with Gasteiger partial charge in [0.1, 0.15) is 0 Å². The monoisotopic (exact) mass is 409 g/mol. The quantitative estimate of drug-likeness (QED) is 0.634. The maximum absolute atomic E-state index is 12.2. The van der Waals surface area contributed by atoms with Gasteiger partial charge in [-0.25, -0.2) is 0 Å². The fraction of sp³-hybridized carbons (Fsp3) is 0.0667. The molecule has 0 aliphatic carbocycles. The fourth-order valence-corrected chi connectivity index (χ4v) is 3.29. The second kappa shape index (κ2) is 5.98. The van der Waals surface area contributed by atoms with Crippen LogP contribution < -0.4 is 5.32 Å². The Labute approximate surface area is 139 Å². The Morgan fingerprint density at radius 2 is 2.19 bits per heavy atom. The first-order valence-electron chi connectivity index (χ1n) is 6.30. The number of aromatic amines is 1. The minimum Gasteiger partial charge on any atom is -0.320 e. The Kier molecular flexibility index (Phi) is 4.07. The van der Waals surface area contributed by atoms with Crippen molar-refractivity contribution in [2.24, 2.45) is 0 Å². The topological polar surface area (TPSA) is 57.8 Å². The van der Waals surface area contributed by atoms with Crippen LogP contribution in [0, 0.1) is 10.5 Å². The molecule has 6 heteroatoms. The van der Waals surface area contributed by atoms with Gasteiger partial charge in [-0.15, -0.1) is 11.3 Å². The summed E-state index contributed by atoms with van der Waals surface area (Å²) in [4.78, 5) is 13.3. The summed E-state index contributed by atoms with van der Waals surface area (Å²) in [5, 5.41) is 11.9. The lowest BCUT2D eigenvalue weighted by Crippen LogP contribution is -2.13. The van der Waals surface area contributed by atoms with Crippen molar-refractivity contribution in [2.45, 2.75) is 6.92 Å². The van der Waals surface area contributed by atoms with Crippen molar-refractivity contribution < 1.29 is 4.79 Å². The number of benzene rings is 1. The summed E-state index contributed by atoms with van der Waals surface area (Å²) in [7, 11) is 0. The van der Waals surface area contributed by atoms with Crippen LogP contribution in [0.25, 0.3) is 10.6 Å². The van der Waals surface area contributed by atoms with E-state index in [2.05, 4.69) is 38.1 Å². The third-order valence-corrected chi connectivity index (χ3v) is 4.61. The number of nitrogens with one attached hydrogen (secondary N) is 2. The van der Waals surface area contributed by atoms with Crippen molar-refractivity contribution in [2.75, 3.05) is 5.32 Å². The molecule has 3 aromatic rings. The number of carbonyl (C=O) groups is 1. The fourth-order valence-electron chi connectivity index (χ4n) is 1.95. The van der Waals surface area contributed by atoms with Crippen LogP contribution in [0.4, 0.5) is 5.69 Å². The largest absolute Gasteiger partial charge is 0.320 e. The van der Waals surface area contributed by atoms with Gasteiger partial charge < -0.3 is 5.32 Å². The first-order chi connectivity index (χ1) is 10.1. The number of thiophene rings is 1. The number of halogens is 1. The molecule has 0 spiro atoms. The summed E-state index contributed by atoms with van der Waals surface area (Å²) in [5.74, 6) is -0.210. The molecule has 4 nitrogen and oxygen atoms in total. The zero-order chi connectivity index (χ0) is 14.8. The first-order valence-corrected chi connectivity index (χ1v) is 8.26. The predicted octanol–water partition coefficient (Wildman–Crippen LogP) is 4.30. The van der Waals surface area contributed by atoms with Gasteiger partial charge in [0.15, 0.2) is 5.69 Å². The van der Waals surface area contributed by atoms with Crippen LogP contribution in [0.1, 0.15) is 16.1 Å². The molecule has 0 unspecified atom stereocenters. The Balaban J connectivity index is 1.79. The molecule has 0 bridgehead atoms. The van der Waals surface area contributed by atoms with E-state index >= 15 is 0 Å². The summed E-state index contributed by atoms with van der Waals surface area (Å²) in [6, 6.07) is 11.6. The average molecular weight is 409 g/mol. The zero-order valence-corrected chi connectivity index (χ0v) is 14.2. The molecule has 1 aromatic carbocycles. The summed E-state index contributed by atoms with van der Waals surface area (Å²) in [6.07, 6.45) is 0. The van der Waals surface area contributed by atoms with E-state index in [0.717, 1.165) is 25.4 Å². The second-order valence-corrected chi connectivity index (χ2v) is 6.75. The molecule has 0 radical (unpaired) electrons. The number of aryl methyl sites for hydroxylation is 1. The van der Waals surface area contributed by atoms with E-state index in [0.29, 0.717) is 5.69 Å². The van der Waals surface area contributed by atoms with Gasteiger partial charge in [0.05, 0.1) is 10.6 Å². The molecule has 2 heterocycles. The number of H-pyrrole nitrogens is 1. The number of carbonyl (C=O) groups excluding carboxylic acids is 1. The van der Waals surface area contributed by atoms with E-state index in [1.165, 1.54) is 0 Å². The molecule has 0 saturated carbocycles. The third kappa shape index (κ3) is 3.16. The van der Waals surface area contributed by atoms with Gasteiger partial charge >= 0.3 is 0 Å². The molecule has 0 fully saturated rings. The highest BCUT2D eigenvalue weighted by atomic mass is 127. The van der Waals surface area contributed by atoms with Gasteiger partial charge in [0.25, 0.3) is 5.91 Å². The molecule has 0 aliphatic heterocycles. The van der Waals surface area contributed by atoms with E-state index in [-0.39, 0.29) is 5.91 Å². The number of amides is 1. The van der Waals surface area contributed by atoms with Crippen molar-refractivity contribution in [3.05, 3.63) is 56.6 Å². The van der Waals surface area contributed by atoms with E-state index < -0.39 is 0 Å². The summed E-state index contributed by atoms with van der Waals surface area (Å²) >= 11 is 3.85. The Morgan fingerprint density at radius 1 is 1.33 bits per heavy atom. The minimum atomic E-state index is -0.210. The standard InChI is InChI=1S/C15H12IN3OS/c1-9-7-10(16)4-5-11(9)17-15(20)13-8-12(18-19-13)14-3-2-6-21-14/h2-8H,1H3,(H,17,20)(H,18,19). The van der Waals surface area contributed by atoms with E-state index in [1.54, 1.807) is 17.4 Å². The maximum Gasteiger partial charge on any atom is 0.276 e. The lowest BCUT2D eigenvalue weighted by molar-refractivity contribution is 0.102. The van der Waals surface area contributed by atoms with Gasteiger partial charge in [0.2, 0.25) is 0 Å². The highest BCUT2D eigenvalue weighted by Gasteiger charge is 2.13. The smallest absolute Gasteiger partial charge is 0.276 e. The van der Waals surface area contributed by atoms with E-state index in [1.807, 2.05) is 42.6 Å². The van der Waals surface area contributed by atoms with E-state index in [4.69, 9.17) is 0 Å². The van der Waals surface area contributed by atoms with Gasteiger partial charge in [-0.05, 0) is 70.8 Å². The van der Waals surface area contributed by atoms with Gasteiger partial charge in [-0.1, -0.05) is 6.07 Å².